The topological polar surface area (TPSA) is 80.7 Å². The zero-order valence-corrected chi connectivity index (χ0v) is 9.29. The summed E-state index contributed by atoms with van der Waals surface area (Å²) in [7, 11) is -4.07. The van der Waals surface area contributed by atoms with E-state index < -0.39 is 27.1 Å². The summed E-state index contributed by atoms with van der Waals surface area (Å²) in [6.07, 6.45) is 2.70. The predicted octanol–water partition coefficient (Wildman–Crippen LogP) is 0.292. The molecule has 0 rings (SSSR count). The lowest BCUT2D eigenvalue weighted by atomic mass is 10.5. The summed E-state index contributed by atoms with van der Waals surface area (Å²) >= 11 is 3.83. The molecule has 0 radical (unpaired) electrons. The molecule has 1 N–H and O–H groups in total. The summed E-state index contributed by atoms with van der Waals surface area (Å²) in [5, 5.41) is -0.723. The fraction of sp³-hybridized carbons (Fsp3) is 0.571. The van der Waals surface area contributed by atoms with Crippen molar-refractivity contribution < 1.29 is 22.5 Å². The van der Waals surface area contributed by atoms with Crippen molar-refractivity contribution in [2.24, 2.45) is 0 Å². The Morgan fingerprint density at radius 1 is 1.64 bits per heavy atom. The monoisotopic (exact) mass is 240 g/mol. The summed E-state index contributed by atoms with van der Waals surface area (Å²) in [4.78, 5) is 10.8. The third kappa shape index (κ3) is 8.09. The Bertz CT molecular complexity index is 306. The van der Waals surface area contributed by atoms with Crippen LogP contribution in [0.25, 0.3) is 0 Å². The van der Waals surface area contributed by atoms with Crippen molar-refractivity contribution in [3.05, 3.63) is 12.2 Å². The van der Waals surface area contributed by atoms with Crippen molar-refractivity contribution in [2.75, 3.05) is 12.4 Å². The molecule has 0 spiro atoms. The molecule has 0 aliphatic carbocycles. The fourth-order valence-electron chi connectivity index (χ4n) is 0.654. The van der Waals surface area contributed by atoms with Crippen LogP contribution in [0.2, 0.25) is 0 Å². The van der Waals surface area contributed by atoms with Gasteiger partial charge in [0.05, 0.1) is 11.0 Å². The van der Waals surface area contributed by atoms with E-state index in [4.69, 9.17) is 4.55 Å². The van der Waals surface area contributed by atoms with Gasteiger partial charge in [-0.2, -0.15) is 21.0 Å². The normalized spacial score (nSPS) is 14.2. The predicted molar refractivity (Wildman–Crippen MR) is 55.0 cm³/mol. The molecule has 0 aliphatic rings. The van der Waals surface area contributed by atoms with Crippen molar-refractivity contribution >= 4 is 28.7 Å². The Kier molecular flexibility index (Phi) is 5.82. The van der Waals surface area contributed by atoms with E-state index in [-0.39, 0.29) is 6.61 Å². The maximum absolute atomic E-state index is 10.8. The number of allylic oxidation sites excluding steroid dienone is 1. The Morgan fingerprint density at radius 3 is 2.64 bits per heavy atom. The third-order valence-corrected chi connectivity index (χ3v) is 2.53. The second-order valence-electron chi connectivity index (χ2n) is 2.53. The molecule has 1 atom stereocenters. The van der Waals surface area contributed by atoms with E-state index in [0.29, 0.717) is 0 Å². The average Bonchev–Trinajstić information content (AvgIpc) is 1.98. The van der Waals surface area contributed by atoms with E-state index in [9.17, 15) is 13.2 Å². The molecular weight excluding hydrogens is 228 g/mol. The quantitative estimate of drug-likeness (QED) is 0.312. The molecule has 0 fully saturated rings. The van der Waals surface area contributed by atoms with Gasteiger partial charge in [0.2, 0.25) is 0 Å². The third-order valence-electron chi connectivity index (χ3n) is 1.12. The maximum atomic E-state index is 10.8. The standard InChI is InChI=1S/C7H12O5S2/c1-2-3-7(8)12-4-6(13)5-14(9,10)11/h2-3,6,13H,4-5H2,1H3,(H,9,10,11). The van der Waals surface area contributed by atoms with Crippen LogP contribution < -0.4 is 0 Å². The second kappa shape index (κ2) is 6.05. The second-order valence-corrected chi connectivity index (χ2v) is 4.76. The Hall–Kier alpha value is -0.530. The Labute approximate surface area is 88.3 Å². The highest BCUT2D eigenvalue weighted by Gasteiger charge is 2.14. The van der Waals surface area contributed by atoms with Gasteiger partial charge in [0.15, 0.2) is 0 Å². The van der Waals surface area contributed by atoms with Gasteiger partial charge in [-0.25, -0.2) is 4.79 Å². The van der Waals surface area contributed by atoms with Crippen LogP contribution in [-0.4, -0.2) is 36.5 Å². The number of hydrogen-bond donors (Lipinski definition) is 2. The van der Waals surface area contributed by atoms with Crippen molar-refractivity contribution in [1.82, 2.24) is 0 Å². The number of esters is 1. The van der Waals surface area contributed by atoms with Gasteiger partial charge in [-0.15, -0.1) is 0 Å². The lowest BCUT2D eigenvalue weighted by Crippen LogP contribution is -2.21. The van der Waals surface area contributed by atoms with E-state index in [1.807, 2.05) is 0 Å². The molecule has 0 saturated heterocycles. The molecule has 0 aromatic rings. The van der Waals surface area contributed by atoms with Crippen LogP contribution in [0.5, 0.6) is 0 Å². The molecule has 82 valence electrons. The van der Waals surface area contributed by atoms with Gasteiger partial charge < -0.3 is 4.74 Å². The van der Waals surface area contributed by atoms with Crippen molar-refractivity contribution in [3.63, 3.8) is 0 Å². The molecular formula is C7H12O5S2. The van der Waals surface area contributed by atoms with Gasteiger partial charge in [-0.3, -0.25) is 4.55 Å². The molecule has 7 heteroatoms. The summed E-state index contributed by atoms with van der Waals surface area (Å²) in [6, 6.07) is 0. The van der Waals surface area contributed by atoms with E-state index in [1.165, 1.54) is 12.2 Å². The molecule has 0 aromatic carbocycles. The van der Waals surface area contributed by atoms with E-state index in [1.54, 1.807) is 6.92 Å². The number of carbonyl (C=O) groups is 1. The Morgan fingerprint density at radius 2 is 2.21 bits per heavy atom. The highest BCUT2D eigenvalue weighted by atomic mass is 32.2. The molecule has 0 aliphatic heterocycles. The van der Waals surface area contributed by atoms with Crippen molar-refractivity contribution in [2.45, 2.75) is 12.2 Å². The zero-order chi connectivity index (χ0) is 11.2. The number of thiol groups is 1. The fourth-order valence-corrected chi connectivity index (χ4v) is 1.88. The number of hydrogen-bond acceptors (Lipinski definition) is 5. The molecule has 0 heterocycles. The summed E-state index contributed by atoms with van der Waals surface area (Å²) in [5.41, 5.74) is 0. The zero-order valence-electron chi connectivity index (χ0n) is 7.58. The summed E-state index contributed by atoms with van der Waals surface area (Å²) in [6.45, 7) is 1.49. The highest BCUT2D eigenvalue weighted by molar-refractivity contribution is 7.88. The maximum Gasteiger partial charge on any atom is 0.330 e. The minimum Gasteiger partial charge on any atom is -0.461 e. The minimum atomic E-state index is -4.07. The van der Waals surface area contributed by atoms with Gasteiger partial charge in [-0.05, 0) is 6.92 Å². The minimum absolute atomic E-state index is 0.161. The van der Waals surface area contributed by atoms with Gasteiger partial charge in [0.1, 0.15) is 6.61 Å². The molecule has 0 saturated carbocycles. The molecule has 0 amide bonds. The van der Waals surface area contributed by atoms with Crippen molar-refractivity contribution in [3.8, 4) is 0 Å². The summed E-state index contributed by atoms with van der Waals surface area (Å²) in [5.74, 6) is -1.11. The van der Waals surface area contributed by atoms with Crippen LogP contribution in [0, 0.1) is 0 Å². The van der Waals surface area contributed by atoms with Gasteiger partial charge in [0.25, 0.3) is 10.1 Å². The van der Waals surface area contributed by atoms with E-state index in [0.717, 1.165) is 0 Å². The van der Waals surface area contributed by atoms with E-state index >= 15 is 0 Å². The van der Waals surface area contributed by atoms with Crippen LogP contribution in [0.4, 0.5) is 0 Å². The largest absolute Gasteiger partial charge is 0.461 e. The molecule has 0 aromatic heterocycles. The molecule has 5 nitrogen and oxygen atoms in total. The van der Waals surface area contributed by atoms with Crippen LogP contribution >= 0.6 is 12.6 Å². The first kappa shape index (κ1) is 13.5. The van der Waals surface area contributed by atoms with Crippen LogP contribution in [0.15, 0.2) is 12.2 Å². The molecule has 14 heavy (non-hydrogen) atoms. The number of ether oxygens (including phenoxy) is 1. The van der Waals surface area contributed by atoms with E-state index in [2.05, 4.69) is 17.4 Å². The van der Waals surface area contributed by atoms with Crippen LogP contribution in [0.3, 0.4) is 0 Å². The van der Waals surface area contributed by atoms with Crippen LogP contribution in [0.1, 0.15) is 6.92 Å². The first-order valence-corrected chi connectivity index (χ1v) is 5.90. The smallest absolute Gasteiger partial charge is 0.330 e. The molecule has 1 unspecified atom stereocenters. The van der Waals surface area contributed by atoms with Gasteiger partial charge in [-0.1, -0.05) is 6.08 Å². The Balaban J connectivity index is 3.86. The first-order valence-electron chi connectivity index (χ1n) is 3.78. The van der Waals surface area contributed by atoms with Gasteiger partial charge >= 0.3 is 5.97 Å². The van der Waals surface area contributed by atoms with Crippen molar-refractivity contribution in [1.29, 1.82) is 0 Å². The van der Waals surface area contributed by atoms with Gasteiger partial charge in [0, 0.05) is 6.08 Å². The lowest BCUT2D eigenvalue weighted by molar-refractivity contribution is -0.137. The molecule has 0 bridgehead atoms. The lowest BCUT2D eigenvalue weighted by Gasteiger charge is -2.07. The first-order chi connectivity index (χ1) is 6.35. The summed E-state index contributed by atoms with van der Waals surface area (Å²) < 4.78 is 33.8. The highest BCUT2D eigenvalue weighted by Crippen LogP contribution is 2.00. The number of rotatable bonds is 5. The van der Waals surface area contributed by atoms with Crippen LogP contribution in [-0.2, 0) is 19.6 Å². The number of carbonyl (C=O) groups excluding carboxylic acids is 1. The average molecular weight is 240 g/mol. The SMILES string of the molecule is CC=CC(=O)OCC(S)CS(=O)(=O)O.